The first kappa shape index (κ1) is 24.0. The number of rotatable bonds is 12. The van der Waals surface area contributed by atoms with Crippen molar-refractivity contribution >= 4 is 29.9 Å². The highest BCUT2D eigenvalue weighted by Crippen LogP contribution is 2.28. The third-order valence-electron chi connectivity index (χ3n) is 4.25. The molecule has 0 atom stereocenters. The van der Waals surface area contributed by atoms with Crippen molar-refractivity contribution in [1.29, 1.82) is 0 Å². The molecule has 154 valence electrons. The lowest BCUT2D eigenvalue weighted by Crippen LogP contribution is -2.37. The number of halogens is 1. The molecule has 0 spiro atoms. The molecule has 0 aromatic heterocycles. The average molecular weight is 490 g/mol. The number of guanidine groups is 1. The van der Waals surface area contributed by atoms with E-state index in [0.717, 1.165) is 55.9 Å². The highest BCUT2D eigenvalue weighted by Gasteiger charge is 2.20. The number of ether oxygens (including phenoxy) is 2. The van der Waals surface area contributed by atoms with Crippen LogP contribution in [0, 0.1) is 5.92 Å². The number of benzene rings is 1. The lowest BCUT2D eigenvalue weighted by molar-refractivity contribution is 0.123. The van der Waals surface area contributed by atoms with E-state index in [2.05, 4.69) is 26.6 Å². The minimum absolute atomic E-state index is 0. The maximum atomic E-state index is 5.91. The summed E-state index contributed by atoms with van der Waals surface area (Å²) >= 11 is 0. The van der Waals surface area contributed by atoms with E-state index in [1.165, 1.54) is 12.8 Å². The van der Waals surface area contributed by atoms with Crippen LogP contribution in [0.15, 0.2) is 29.3 Å². The predicted molar refractivity (Wildman–Crippen MR) is 122 cm³/mol. The van der Waals surface area contributed by atoms with Crippen molar-refractivity contribution in [2.75, 3.05) is 54.1 Å². The summed E-state index contributed by atoms with van der Waals surface area (Å²) in [5.41, 5.74) is 1.13. The molecule has 0 saturated heterocycles. The van der Waals surface area contributed by atoms with Crippen molar-refractivity contribution in [2.45, 2.75) is 25.8 Å². The van der Waals surface area contributed by atoms with Gasteiger partial charge in [-0.3, -0.25) is 4.99 Å². The summed E-state index contributed by atoms with van der Waals surface area (Å²) in [4.78, 5) is 6.39. The molecule has 2 rings (SSSR count). The number of para-hydroxylation sites is 1. The number of nitrogens with zero attached hydrogens (tertiary/aromatic N) is 2. The van der Waals surface area contributed by atoms with E-state index in [4.69, 9.17) is 9.47 Å². The molecule has 1 aromatic carbocycles. The van der Waals surface area contributed by atoms with Gasteiger partial charge in [-0.2, -0.15) is 0 Å². The predicted octanol–water partition coefficient (Wildman–Crippen LogP) is 2.73. The van der Waals surface area contributed by atoms with E-state index in [9.17, 15) is 0 Å². The molecule has 0 aliphatic heterocycles. The Kier molecular flexibility index (Phi) is 12.4. The van der Waals surface area contributed by atoms with Gasteiger partial charge in [0.05, 0.1) is 0 Å². The molecule has 0 unspecified atom stereocenters. The van der Waals surface area contributed by atoms with E-state index in [-0.39, 0.29) is 24.0 Å². The molecule has 2 N–H and O–H groups in total. The van der Waals surface area contributed by atoms with Gasteiger partial charge >= 0.3 is 0 Å². The highest BCUT2D eigenvalue weighted by molar-refractivity contribution is 14.0. The van der Waals surface area contributed by atoms with Crippen molar-refractivity contribution in [2.24, 2.45) is 10.9 Å². The summed E-state index contributed by atoms with van der Waals surface area (Å²) in [5.74, 6) is 2.55. The molecule has 1 saturated carbocycles. The molecule has 0 heterocycles. The van der Waals surface area contributed by atoms with E-state index in [1.807, 2.05) is 32.3 Å². The zero-order valence-electron chi connectivity index (χ0n) is 16.9. The van der Waals surface area contributed by atoms with Gasteiger partial charge in [0, 0.05) is 45.5 Å². The van der Waals surface area contributed by atoms with Crippen LogP contribution in [0.3, 0.4) is 0 Å². The summed E-state index contributed by atoms with van der Waals surface area (Å²) < 4.78 is 11.6. The topological polar surface area (TPSA) is 58.1 Å². The van der Waals surface area contributed by atoms with Crippen LogP contribution < -0.4 is 15.4 Å². The Morgan fingerprint density at radius 3 is 2.67 bits per heavy atom. The minimum Gasteiger partial charge on any atom is -0.492 e. The Morgan fingerprint density at radius 2 is 1.96 bits per heavy atom. The van der Waals surface area contributed by atoms with E-state index in [0.29, 0.717) is 13.2 Å². The normalized spacial score (nSPS) is 14.0. The third-order valence-corrected chi connectivity index (χ3v) is 4.25. The van der Waals surface area contributed by atoms with Crippen molar-refractivity contribution in [3.8, 4) is 5.75 Å². The van der Waals surface area contributed by atoms with Crippen LogP contribution in [-0.2, 0) is 11.3 Å². The van der Waals surface area contributed by atoms with Crippen LogP contribution >= 0.6 is 24.0 Å². The molecule has 0 amide bonds. The Balaban J connectivity index is 0.00000364. The summed E-state index contributed by atoms with van der Waals surface area (Å²) in [6.45, 7) is 4.84. The summed E-state index contributed by atoms with van der Waals surface area (Å²) in [6.07, 6.45) is 3.67. The second-order valence-corrected chi connectivity index (χ2v) is 6.98. The quantitative estimate of drug-likeness (QED) is 0.204. The molecule has 27 heavy (non-hydrogen) atoms. The standard InChI is InChI=1S/C20H34N4O2.HI/c1-21-20(22-11-6-13-25-16-17-9-10-17)23-15-18-7-4-5-8-19(18)26-14-12-24(2)3;/h4-5,7-8,17H,6,9-16H2,1-3H3,(H2,21,22,23);1H. The molecule has 6 nitrogen and oxygen atoms in total. The van der Waals surface area contributed by atoms with Crippen molar-refractivity contribution < 1.29 is 9.47 Å². The second kappa shape index (κ2) is 14.0. The van der Waals surface area contributed by atoms with Gasteiger partial charge in [0.1, 0.15) is 12.4 Å². The number of nitrogens with one attached hydrogen (secondary N) is 2. The molecular weight excluding hydrogens is 455 g/mol. The van der Waals surface area contributed by atoms with Crippen molar-refractivity contribution in [3.05, 3.63) is 29.8 Å². The van der Waals surface area contributed by atoms with Gasteiger partial charge in [0.15, 0.2) is 5.96 Å². The number of likely N-dealkylation sites (N-methyl/N-ethyl adjacent to an activating group) is 1. The number of hydrogen-bond donors (Lipinski definition) is 2. The average Bonchev–Trinajstić information content (AvgIpc) is 3.45. The molecule has 7 heteroatoms. The number of aliphatic imine (C=N–C) groups is 1. The first-order valence-corrected chi connectivity index (χ1v) is 9.56. The first-order chi connectivity index (χ1) is 12.7. The van der Waals surface area contributed by atoms with Gasteiger partial charge in [0.25, 0.3) is 0 Å². The largest absolute Gasteiger partial charge is 0.492 e. The van der Waals surface area contributed by atoms with Gasteiger partial charge in [-0.05, 0) is 45.3 Å². The Labute approximate surface area is 181 Å². The zero-order valence-corrected chi connectivity index (χ0v) is 19.2. The van der Waals surface area contributed by atoms with Crippen molar-refractivity contribution in [1.82, 2.24) is 15.5 Å². The molecule has 0 radical (unpaired) electrons. The molecule has 1 aliphatic carbocycles. The molecule has 1 aromatic rings. The van der Waals surface area contributed by atoms with Crippen LogP contribution in [0.4, 0.5) is 0 Å². The zero-order chi connectivity index (χ0) is 18.6. The highest BCUT2D eigenvalue weighted by atomic mass is 127. The second-order valence-electron chi connectivity index (χ2n) is 6.98. The van der Waals surface area contributed by atoms with E-state index in [1.54, 1.807) is 7.05 Å². The molecule has 1 aliphatic rings. The number of hydrogen-bond acceptors (Lipinski definition) is 4. The fourth-order valence-electron chi connectivity index (χ4n) is 2.44. The fraction of sp³-hybridized carbons (Fsp3) is 0.650. The third kappa shape index (κ3) is 10.8. The minimum atomic E-state index is 0. The maximum absolute atomic E-state index is 5.91. The smallest absolute Gasteiger partial charge is 0.191 e. The first-order valence-electron chi connectivity index (χ1n) is 9.56. The fourth-order valence-corrected chi connectivity index (χ4v) is 2.44. The Hall–Kier alpha value is -1.06. The van der Waals surface area contributed by atoms with Gasteiger partial charge in [-0.1, -0.05) is 18.2 Å². The summed E-state index contributed by atoms with van der Waals surface area (Å²) in [5, 5.41) is 6.68. The van der Waals surface area contributed by atoms with Crippen LogP contribution in [0.2, 0.25) is 0 Å². The van der Waals surface area contributed by atoms with Gasteiger partial charge in [0.2, 0.25) is 0 Å². The van der Waals surface area contributed by atoms with E-state index >= 15 is 0 Å². The molecular formula is C20H35IN4O2. The van der Waals surface area contributed by atoms with Gasteiger partial charge in [-0.25, -0.2) is 0 Å². The van der Waals surface area contributed by atoms with Crippen molar-refractivity contribution in [3.63, 3.8) is 0 Å². The Bertz CT molecular complexity index is 551. The van der Waals surface area contributed by atoms with Gasteiger partial charge in [-0.15, -0.1) is 24.0 Å². The summed E-state index contributed by atoms with van der Waals surface area (Å²) in [6, 6.07) is 8.13. The van der Waals surface area contributed by atoms with Crippen LogP contribution in [0.1, 0.15) is 24.8 Å². The van der Waals surface area contributed by atoms with Crippen LogP contribution in [0.25, 0.3) is 0 Å². The molecule has 1 fully saturated rings. The Morgan fingerprint density at radius 1 is 1.19 bits per heavy atom. The van der Waals surface area contributed by atoms with Crippen LogP contribution in [0.5, 0.6) is 5.75 Å². The summed E-state index contributed by atoms with van der Waals surface area (Å²) in [7, 11) is 5.88. The molecule has 0 bridgehead atoms. The lowest BCUT2D eigenvalue weighted by Gasteiger charge is -2.16. The van der Waals surface area contributed by atoms with Gasteiger partial charge < -0.3 is 25.0 Å². The monoisotopic (exact) mass is 490 g/mol. The van der Waals surface area contributed by atoms with Crippen LogP contribution in [-0.4, -0.2) is 64.9 Å². The SMILES string of the molecule is CN=C(NCCCOCC1CC1)NCc1ccccc1OCCN(C)C.I. The lowest BCUT2D eigenvalue weighted by atomic mass is 10.2. The maximum Gasteiger partial charge on any atom is 0.191 e. The van der Waals surface area contributed by atoms with E-state index < -0.39 is 0 Å².